The lowest BCUT2D eigenvalue weighted by molar-refractivity contribution is -0.138. The minimum atomic E-state index is -0.618. The van der Waals surface area contributed by atoms with Gasteiger partial charge in [-0.2, -0.15) is 4.37 Å². The molecular weight excluding hydrogens is 369 g/mol. The molecule has 1 saturated heterocycles. The highest BCUT2D eigenvalue weighted by atomic mass is 35.5. The van der Waals surface area contributed by atoms with Crippen molar-refractivity contribution in [2.24, 2.45) is 5.73 Å². The van der Waals surface area contributed by atoms with Crippen LogP contribution in [0.1, 0.15) is 44.3 Å². The maximum absolute atomic E-state index is 12.8. The predicted molar refractivity (Wildman–Crippen MR) is 103 cm³/mol. The maximum Gasteiger partial charge on any atom is 0.242 e. The van der Waals surface area contributed by atoms with Crippen LogP contribution >= 0.6 is 36.3 Å². The number of carbonyl (C=O) groups excluding carboxylic acids is 1. The Bertz CT molecular complexity index is 536. The van der Waals surface area contributed by atoms with E-state index in [1.54, 1.807) is 0 Å². The number of nitrogens with zero attached hydrogens (tertiary/aromatic N) is 4. The number of anilines is 1. The van der Waals surface area contributed by atoms with Crippen LogP contribution in [0.3, 0.4) is 0 Å². The van der Waals surface area contributed by atoms with E-state index in [1.807, 2.05) is 11.8 Å². The van der Waals surface area contributed by atoms with E-state index in [9.17, 15) is 4.79 Å². The Labute approximate surface area is 160 Å². The van der Waals surface area contributed by atoms with Gasteiger partial charge in [0.05, 0.1) is 5.54 Å². The smallest absolute Gasteiger partial charge is 0.242 e. The first-order valence-electron chi connectivity index (χ1n) is 8.22. The van der Waals surface area contributed by atoms with Crippen molar-refractivity contribution in [2.75, 3.05) is 31.1 Å². The molecule has 0 unspecified atom stereocenters. The first-order chi connectivity index (χ1) is 10.6. The summed E-state index contributed by atoms with van der Waals surface area (Å²) in [5.74, 6) is 0.975. The van der Waals surface area contributed by atoms with E-state index in [1.165, 1.54) is 18.0 Å². The predicted octanol–water partition coefficient (Wildman–Crippen LogP) is 2.39. The minimum absolute atomic E-state index is 0. The van der Waals surface area contributed by atoms with Gasteiger partial charge in [-0.1, -0.05) is 19.3 Å². The molecule has 1 aromatic rings. The zero-order valence-corrected chi connectivity index (χ0v) is 16.5. The molecular formula is C15H27Cl2N5OS. The second-order valence-corrected chi connectivity index (χ2v) is 7.20. The van der Waals surface area contributed by atoms with Crippen molar-refractivity contribution in [2.45, 2.75) is 51.0 Å². The SMILES string of the molecule is Cc1nsc(N2CCCN(C(=O)C3(N)CCCCC3)CC2)n1.Cl.Cl. The number of aryl methyl sites for hydroxylation is 1. The van der Waals surface area contributed by atoms with Crippen LogP contribution in [0.25, 0.3) is 0 Å². The quantitative estimate of drug-likeness (QED) is 0.831. The number of aromatic nitrogens is 2. The topological polar surface area (TPSA) is 75.4 Å². The summed E-state index contributed by atoms with van der Waals surface area (Å²) < 4.78 is 4.25. The average Bonchev–Trinajstić information content (AvgIpc) is 2.81. The van der Waals surface area contributed by atoms with Crippen LogP contribution < -0.4 is 10.6 Å². The van der Waals surface area contributed by atoms with Gasteiger partial charge in [0, 0.05) is 37.7 Å². The Kier molecular flexibility index (Phi) is 8.19. The highest BCUT2D eigenvalue weighted by Gasteiger charge is 2.38. The monoisotopic (exact) mass is 395 g/mol. The van der Waals surface area contributed by atoms with Crippen LogP contribution in [0, 0.1) is 6.92 Å². The number of rotatable bonds is 2. The summed E-state index contributed by atoms with van der Waals surface area (Å²) in [6, 6.07) is 0. The van der Waals surface area contributed by atoms with E-state index >= 15 is 0 Å². The van der Waals surface area contributed by atoms with Gasteiger partial charge in [-0.3, -0.25) is 4.79 Å². The third kappa shape index (κ3) is 4.71. The Morgan fingerprint density at radius 1 is 1.08 bits per heavy atom. The van der Waals surface area contributed by atoms with Crippen molar-refractivity contribution in [3.05, 3.63) is 5.82 Å². The number of nitrogens with two attached hydrogens (primary N) is 1. The van der Waals surface area contributed by atoms with Crippen molar-refractivity contribution < 1.29 is 4.79 Å². The van der Waals surface area contributed by atoms with Crippen LogP contribution in [0.4, 0.5) is 5.13 Å². The molecule has 0 spiro atoms. The largest absolute Gasteiger partial charge is 0.345 e. The summed E-state index contributed by atoms with van der Waals surface area (Å²) in [5, 5.41) is 0.965. The van der Waals surface area contributed by atoms with Crippen LogP contribution in [-0.2, 0) is 4.79 Å². The summed E-state index contributed by atoms with van der Waals surface area (Å²) in [7, 11) is 0. The Balaban J connectivity index is 0.00000144. The van der Waals surface area contributed by atoms with E-state index in [0.717, 1.165) is 69.2 Å². The summed E-state index contributed by atoms with van der Waals surface area (Å²) in [4.78, 5) is 21.5. The molecule has 0 aromatic carbocycles. The minimum Gasteiger partial charge on any atom is -0.345 e. The Hall–Kier alpha value is -0.630. The van der Waals surface area contributed by atoms with Crippen LogP contribution in [0.15, 0.2) is 0 Å². The molecule has 1 aliphatic carbocycles. The molecule has 0 radical (unpaired) electrons. The van der Waals surface area contributed by atoms with E-state index in [4.69, 9.17) is 5.73 Å². The highest BCUT2D eigenvalue weighted by molar-refractivity contribution is 7.09. The van der Waals surface area contributed by atoms with Crippen molar-refractivity contribution in [1.29, 1.82) is 0 Å². The molecule has 6 nitrogen and oxygen atoms in total. The number of hydrogen-bond donors (Lipinski definition) is 1. The normalized spacial score (nSPS) is 20.6. The number of amides is 1. The fourth-order valence-corrected chi connectivity index (χ4v) is 4.16. The highest BCUT2D eigenvalue weighted by Crippen LogP contribution is 2.28. The second kappa shape index (κ2) is 9.17. The standard InChI is InChI=1S/C15H25N5OS.2ClH/c1-12-17-14(22-18-12)20-9-5-8-19(10-11-20)13(21)15(16)6-3-2-4-7-15;;/h2-11,16H2,1H3;2*1H. The fourth-order valence-electron chi connectivity index (χ4n) is 3.44. The van der Waals surface area contributed by atoms with Gasteiger partial charge in [-0.25, -0.2) is 4.98 Å². The van der Waals surface area contributed by atoms with Gasteiger partial charge < -0.3 is 15.5 Å². The summed E-state index contributed by atoms with van der Waals surface area (Å²) in [6.07, 6.45) is 5.98. The zero-order valence-electron chi connectivity index (χ0n) is 14.1. The summed E-state index contributed by atoms with van der Waals surface area (Å²) >= 11 is 1.44. The van der Waals surface area contributed by atoms with Gasteiger partial charge in [0.25, 0.3) is 0 Å². The molecule has 0 bridgehead atoms. The van der Waals surface area contributed by atoms with Crippen molar-refractivity contribution in [3.8, 4) is 0 Å². The third-order valence-corrected chi connectivity index (χ3v) is 5.61. The number of carbonyl (C=O) groups is 1. The van der Waals surface area contributed by atoms with Crippen LogP contribution in [0.2, 0.25) is 0 Å². The molecule has 1 amide bonds. The Morgan fingerprint density at radius 3 is 2.42 bits per heavy atom. The molecule has 2 heterocycles. The van der Waals surface area contributed by atoms with Gasteiger partial charge in [0.15, 0.2) is 0 Å². The lowest BCUT2D eigenvalue weighted by Gasteiger charge is -2.36. The average molecular weight is 396 g/mol. The van der Waals surface area contributed by atoms with Crippen LogP contribution in [-0.4, -0.2) is 51.9 Å². The lowest BCUT2D eigenvalue weighted by Crippen LogP contribution is -2.56. The Morgan fingerprint density at radius 2 is 1.79 bits per heavy atom. The fraction of sp³-hybridized carbons (Fsp3) is 0.800. The molecule has 1 aliphatic heterocycles. The first-order valence-corrected chi connectivity index (χ1v) is 8.99. The molecule has 2 fully saturated rings. The number of halogens is 2. The molecule has 138 valence electrons. The van der Waals surface area contributed by atoms with E-state index < -0.39 is 5.54 Å². The maximum atomic E-state index is 12.8. The lowest BCUT2D eigenvalue weighted by atomic mass is 9.81. The van der Waals surface area contributed by atoms with Crippen molar-refractivity contribution in [1.82, 2.24) is 14.3 Å². The van der Waals surface area contributed by atoms with E-state index in [0.29, 0.717) is 0 Å². The first kappa shape index (κ1) is 21.4. The van der Waals surface area contributed by atoms with Gasteiger partial charge in [-0.15, -0.1) is 24.8 Å². The molecule has 1 saturated carbocycles. The molecule has 3 rings (SSSR count). The summed E-state index contributed by atoms with van der Waals surface area (Å²) in [5.41, 5.74) is 5.79. The number of hydrogen-bond acceptors (Lipinski definition) is 6. The molecule has 2 N–H and O–H groups in total. The van der Waals surface area contributed by atoms with Crippen LogP contribution in [0.5, 0.6) is 0 Å². The molecule has 0 atom stereocenters. The van der Waals surface area contributed by atoms with E-state index in [2.05, 4.69) is 14.3 Å². The molecule has 24 heavy (non-hydrogen) atoms. The van der Waals surface area contributed by atoms with Gasteiger partial charge in [0.1, 0.15) is 5.82 Å². The third-order valence-electron chi connectivity index (χ3n) is 4.74. The second-order valence-electron chi connectivity index (χ2n) is 6.47. The van der Waals surface area contributed by atoms with Gasteiger partial charge in [-0.05, 0) is 26.2 Å². The van der Waals surface area contributed by atoms with Crippen molar-refractivity contribution >= 4 is 47.4 Å². The van der Waals surface area contributed by atoms with Crippen molar-refractivity contribution in [3.63, 3.8) is 0 Å². The molecule has 2 aliphatic rings. The molecule has 9 heteroatoms. The van der Waals surface area contributed by atoms with E-state index in [-0.39, 0.29) is 30.7 Å². The summed E-state index contributed by atoms with van der Waals surface area (Å²) in [6.45, 7) is 5.18. The van der Waals surface area contributed by atoms with Gasteiger partial charge >= 0.3 is 0 Å². The van der Waals surface area contributed by atoms with Gasteiger partial charge in [0.2, 0.25) is 11.0 Å². The molecule has 1 aromatic heterocycles. The zero-order chi connectivity index (χ0) is 15.6.